The molecule has 1 aromatic rings. The van der Waals surface area contributed by atoms with Gasteiger partial charge in [-0.05, 0) is 44.0 Å². The molecule has 2 aliphatic rings. The maximum Gasteiger partial charge on any atom is 0.162 e. The van der Waals surface area contributed by atoms with Crippen LogP contribution in [0.15, 0.2) is 16.6 Å². The SMILES string of the molecule is CC1(c2cc3c(cc2Br)OCCCO3)CCCN1. The van der Waals surface area contributed by atoms with E-state index in [-0.39, 0.29) is 5.54 Å². The van der Waals surface area contributed by atoms with Gasteiger partial charge in [0.05, 0.1) is 13.2 Å². The zero-order valence-corrected chi connectivity index (χ0v) is 12.2. The molecule has 3 rings (SSSR count). The fraction of sp³-hybridized carbons (Fsp3) is 0.571. The summed E-state index contributed by atoms with van der Waals surface area (Å²) in [7, 11) is 0. The summed E-state index contributed by atoms with van der Waals surface area (Å²) in [5.74, 6) is 1.73. The molecule has 1 atom stereocenters. The third-order valence-corrected chi connectivity index (χ3v) is 4.46. The highest BCUT2D eigenvalue weighted by Gasteiger charge is 2.33. The van der Waals surface area contributed by atoms with Gasteiger partial charge in [-0.2, -0.15) is 0 Å². The fourth-order valence-electron chi connectivity index (χ4n) is 2.73. The molecule has 18 heavy (non-hydrogen) atoms. The molecule has 2 heterocycles. The Morgan fingerprint density at radius 2 is 1.89 bits per heavy atom. The molecule has 0 amide bonds. The van der Waals surface area contributed by atoms with Crippen molar-refractivity contribution in [3.8, 4) is 11.5 Å². The molecule has 0 saturated carbocycles. The second kappa shape index (κ2) is 4.74. The smallest absolute Gasteiger partial charge is 0.162 e. The van der Waals surface area contributed by atoms with Gasteiger partial charge in [0.15, 0.2) is 11.5 Å². The molecule has 4 heteroatoms. The van der Waals surface area contributed by atoms with Crippen molar-refractivity contribution in [2.45, 2.75) is 31.7 Å². The molecular weight excluding hydrogens is 294 g/mol. The Bertz CT molecular complexity index is 455. The van der Waals surface area contributed by atoms with Crippen LogP contribution in [0.2, 0.25) is 0 Å². The lowest BCUT2D eigenvalue weighted by atomic mass is 9.90. The summed E-state index contributed by atoms with van der Waals surface area (Å²) in [6, 6.07) is 4.17. The molecule has 1 aromatic carbocycles. The summed E-state index contributed by atoms with van der Waals surface area (Å²) in [6.07, 6.45) is 3.32. The molecule has 1 N–H and O–H groups in total. The van der Waals surface area contributed by atoms with Gasteiger partial charge in [-0.1, -0.05) is 15.9 Å². The van der Waals surface area contributed by atoms with Gasteiger partial charge >= 0.3 is 0 Å². The lowest BCUT2D eigenvalue weighted by molar-refractivity contribution is 0.296. The fourth-order valence-corrected chi connectivity index (χ4v) is 3.49. The van der Waals surface area contributed by atoms with Gasteiger partial charge in [0.2, 0.25) is 0 Å². The second-order valence-electron chi connectivity index (χ2n) is 5.19. The Morgan fingerprint density at radius 3 is 2.56 bits per heavy atom. The lowest BCUT2D eigenvalue weighted by Crippen LogP contribution is -2.33. The summed E-state index contributed by atoms with van der Waals surface area (Å²) in [5, 5.41) is 3.59. The third-order valence-electron chi connectivity index (χ3n) is 3.80. The molecule has 0 aliphatic carbocycles. The Labute approximate surface area is 116 Å². The Hall–Kier alpha value is -0.740. The van der Waals surface area contributed by atoms with Crippen LogP contribution < -0.4 is 14.8 Å². The van der Waals surface area contributed by atoms with Crippen molar-refractivity contribution in [3.05, 3.63) is 22.2 Å². The minimum atomic E-state index is 0.0452. The number of fused-ring (bicyclic) bond motifs is 1. The van der Waals surface area contributed by atoms with Crippen LogP contribution in [0, 0.1) is 0 Å². The van der Waals surface area contributed by atoms with Gasteiger partial charge in [-0.3, -0.25) is 0 Å². The first kappa shape index (κ1) is 12.3. The van der Waals surface area contributed by atoms with Crippen LogP contribution in [0.5, 0.6) is 11.5 Å². The number of nitrogens with one attached hydrogen (secondary N) is 1. The van der Waals surface area contributed by atoms with E-state index < -0.39 is 0 Å². The molecule has 0 aromatic heterocycles. The predicted octanol–water partition coefficient (Wildman–Crippen LogP) is 3.21. The number of halogens is 1. The normalized spacial score (nSPS) is 27.0. The lowest BCUT2D eigenvalue weighted by Gasteiger charge is -2.27. The quantitative estimate of drug-likeness (QED) is 0.864. The molecule has 0 radical (unpaired) electrons. The molecule has 0 spiro atoms. The summed E-state index contributed by atoms with van der Waals surface area (Å²) >= 11 is 3.67. The maximum atomic E-state index is 5.78. The van der Waals surface area contributed by atoms with Crippen molar-refractivity contribution in [1.29, 1.82) is 0 Å². The average Bonchev–Trinajstić information content (AvgIpc) is 2.66. The molecule has 1 unspecified atom stereocenters. The van der Waals surface area contributed by atoms with E-state index in [1.807, 2.05) is 6.07 Å². The van der Waals surface area contributed by atoms with E-state index >= 15 is 0 Å². The highest BCUT2D eigenvalue weighted by Crippen LogP contribution is 2.42. The average molecular weight is 312 g/mol. The Balaban J connectivity index is 2.02. The minimum Gasteiger partial charge on any atom is -0.490 e. The molecule has 1 fully saturated rings. The van der Waals surface area contributed by atoms with E-state index in [0.29, 0.717) is 0 Å². The van der Waals surface area contributed by atoms with Crippen LogP contribution in [0.3, 0.4) is 0 Å². The van der Waals surface area contributed by atoms with E-state index in [2.05, 4.69) is 34.2 Å². The number of rotatable bonds is 1. The van der Waals surface area contributed by atoms with Crippen LogP contribution in [0.1, 0.15) is 31.7 Å². The van der Waals surface area contributed by atoms with Gasteiger partial charge in [0.1, 0.15) is 0 Å². The van der Waals surface area contributed by atoms with Crippen molar-refractivity contribution in [2.75, 3.05) is 19.8 Å². The highest BCUT2D eigenvalue weighted by atomic mass is 79.9. The van der Waals surface area contributed by atoms with Crippen molar-refractivity contribution in [2.24, 2.45) is 0 Å². The van der Waals surface area contributed by atoms with Crippen LogP contribution in [0.4, 0.5) is 0 Å². The van der Waals surface area contributed by atoms with Gasteiger partial charge in [-0.15, -0.1) is 0 Å². The topological polar surface area (TPSA) is 30.5 Å². The summed E-state index contributed by atoms with van der Waals surface area (Å²) in [6.45, 7) is 4.80. The van der Waals surface area contributed by atoms with E-state index in [1.54, 1.807) is 0 Å². The van der Waals surface area contributed by atoms with Crippen molar-refractivity contribution in [3.63, 3.8) is 0 Å². The van der Waals surface area contributed by atoms with Gasteiger partial charge in [-0.25, -0.2) is 0 Å². The Morgan fingerprint density at radius 1 is 1.17 bits per heavy atom. The first-order valence-corrected chi connectivity index (χ1v) is 7.33. The summed E-state index contributed by atoms with van der Waals surface area (Å²) in [5.41, 5.74) is 1.31. The van der Waals surface area contributed by atoms with E-state index in [1.165, 1.54) is 12.0 Å². The number of benzene rings is 1. The summed E-state index contributed by atoms with van der Waals surface area (Å²) < 4.78 is 12.6. The largest absolute Gasteiger partial charge is 0.490 e. The van der Waals surface area contributed by atoms with Crippen molar-refractivity contribution >= 4 is 15.9 Å². The number of hydrogen-bond donors (Lipinski definition) is 1. The first-order chi connectivity index (χ1) is 8.69. The summed E-state index contributed by atoms with van der Waals surface area (Å²) in [4.78, 5) is 0. The molecule has 3 nitrogen and oxygen atoms in total. The van der Waals surface area contributed by atoms with Crippen LogP contribution in [-0.2, 0) is 5.54 Å². The van der Waals surface area contributed by atoms with Gasteiger partial charge < -0.3 is 14.8 Å². The zero-order chi connectivity index (χ0) is 12.6. The van der Waals surface area contributed by atoms with Crippen LogP contribution in [-0.4, -0.2) is 19.8 Å². The van der Waals surface area contributed by atoms with Crippen LogP contribution >= 0.6 is 15.9 Å². The maximum absolute atomic E-state index is 5.78. The van der Waals surface area contributed by atoms with E-state index in [0.717, 1.165) is 48.6 Å². The molecule has 0 bridgehead atoms. The molecule has 98 valence electrons. The number of hydrogen-bond acceptors (Lipinski definition) is 3. The van der Waals surface area contributed by atoms with E-state index in [4.69, 9.17) is 9.47 Å². The highest BCUT2D eigenvalue weighted by molar-refractivity contribution is 9.10. The van der Waals surface area contributed by atoms with E-state index in [9.17, 15) is 0 Å². The second-order valence-corrected chi connectivity index (χ2v) is 6.05. The van der Waals surface area contributed by atoms with Gasteiger partial charge in [0.25, 0.3) is 0 Å². The first-order valence-electron chi connectivity index (χ1n) is 6.54. The zero-order valence-electron chi connectivity index (χ0n) is 10.6. The monoisotopic (exact) mass is 311 g/mol. The van der Waals surface area contributed by atoms with Crippen LogP contribution in [0.25, 0.3) is 0 Å². The van der Waals surface area contributed by atoms with Crippen molar-refractivity contribution < 1.29 is 9.47 Å². The standard InChI is InChI=1S/C14H18BrNO2/c1-14(4-2-5-16-14)10-8-12-13(9-11(10)15)18-7-3-6-17-12/h8-9,16H,2-7H2,1H3. The van der Waals surface area contributed by atoms with Crippen molar-refractivity contribution in [1.82, 2.24) is 5.32 Å². The Kier molecular flexibility index (Phi) is 3.24. The molecule has 1 saturated heterocycles. The van der Waals surface area contributed by atoms with Gasteiger partial charge in [0, 0.05) is 16.4 Å². The third kappa shape index (κ3) is 2.12. The molecule has 2 aliphatic heterocycles. The number of ether oxygens (including phenoxy) is 2. The predicted molar refractivity (Wildman–Crippen MR) is 74.3 cm³/mol. The minimum absolute atomic E-state index is 0.0452. The molecular formula is C14H18BrNO2.